The maximum absolute atomic E-state index is 6.81. The maximum atomic E-state index is 6.81. The average Bonchev–Trinajstić information content (AvgIpc) is 3.75. The minimum Gasteiger partial charge on any atom is -0.456 e. The summed E-state index contributed by atoms with van der Waals surface area (Å²) in [5, 5.41) is 2.26. The molecule has 1 aliphatic carbocycles. The van der Waals surface area contributed by atoms with Crippen LogP contribution in [0.3, 0.4) is 0 Å². The molecule has 0 radical (unpaired) electrons. The molecule has 1 atom stereocenters. The number of hydrogen-bond acceptors (Lipinski definition) is 3. The number of benzene rings is 7. The van der Waals surface area contributed by atoms with E-state index in [1.54, 1.807) is 0 Å². The summed E-state index contributed by atoms with van der Waals surface area (Å²) in [6.07, 6.45) is 15.9. The van der Waals surface area contributed by atoms with Gasteiger partial charge in [-0.2, -0.15) is 0 Å². The van der Waals surface area contributed by atoms with Crippen LogP contribution in [0.2, 0.25) is 0 Å². The average molecular weight is 848 g/mol. The first kappa shape index (κ1) is 41.3. The molecule has 314 valence electrons. The standard InChI is InChI=1S/C61H53NOS/c1-4-6-29-55(62-56(37-42(5-2)41(3)43-20-10-7-11-21-43)47-33-31-45(32-34-47)44-22-12-8-13-23-44)50-36-54(60-52-28-18-19-30-57(52)63-58(60)38-50)49-35-53(46-24-14-9-15-25-46)61-51-27-17-16-26-48(51)40-64-59(61)39-49/h7-22,24-36,38-39,44H,4-6,23,37,40H2,1-3H3/b42-41+,55-29+,62-56+. The highest BCUT2D eigenvalue weighted by molar-refractivity contribution is 7.98. The summed E-state index contributed by atoms with van der Waals surface area (Å²) in [5.74, 6) is 1.33. The van der Waals surface area contributed by atoms with Crippen molar-refractivity contribution in [3.8, 4) is 33.4 Å². The van der Waals surface area contributed by atoms with E-state index in [4.69, 9.17) is 9.41 Å². The summed E-state index contributed by atoms with van der Waals surface area (Å²) >= 11 is 1.94. The van der Waals surface area contributed by atoms with Crippen LogP contribution in [0.1, 0.15) is 86.6 Å². The summed E-state index contributed by atoms with van der Waals surface area (Å²) in [7, 11) is 0. The highest BCUT2D eigenvalue weighted by Crippen LogP contribution is 2.50. The van der Waals surface area contributed by atoms with Gasteiger partial charge < -0.3 is 4.42 Å². The molecule has 1 aliphatic heterocycles. The molecule has 8 aromatic rings. The van der Waals surface area contributed by atoms with Crippen molar-refractivity contribution in [3.05, 3.63) is 221 Å². The van der Waals surface area contributed by atoms with Crippen LogP contribution >= 0.6 is 11.8 Å². The van der Waals surface area contributed by atoms with Crippen LogP contribution < -0.4 is 0 Å². The first-order valence-corrected chi connectivity index (χ1v) is 23.9. The van der Waals surface area contributed by atoms with Gasteiger partial charge in [0.25, 0.3) is 0 Å². The lowest BCUT2D eigenvalue weighted by atomic mass is 9.87. The lowest BCUT2D eigenvalue weighted by Crippen LogP contribution is -2.06. The monoisotopic (exact) mass is 847 g/mol. The van der Waals surface area contributed by atoms with Crippen molar-refractivity contribution < 1.29 is 4.42 Å². The quantitative estimate of drug-likeness (QED) is 0.114. The molecule has 0 N–H and O–H groups in total. The lowest BCUT2D eigenvalue weighted by molar-refractivity contribution is 0.669. The van der Waals surface area contributed by atoms with Crippen molar-refractivity contribution >= 4 is 50.7 Å². The van der Waals surface area contributed by atoms with E-state index >= 15 is 0 Å². The summed E-state index contributed by atoms with van der Waals surface area (Å²) in [4.78, 5) is 7.09. The Kier molecular flexibility index (Phi) is 12.0. The number of thioether (sulfide) groups is 1. The number of para-hydroxylation sites is 1. The van der Waals surface area contributed by atoms with Crippen molar-refractivity contribution in [2.75, 3.05) is 0 Å². The Labute approximate surface area is 382 Å². The van der Waals surface area contributed by atoms with Gasteiger partial charge in [0.05, 0.1) is 11.4 Å². The molecule has 1 aromatic heterocycles. The second kappa shape index (κ2) is 18.6. The van der Waals surface area contributed by atoms with E-state index in [-0.39, 0.29) is 0 Å². The van der Waals surface area contributed by atoms with Gasteiger partial charge >= 0.3 is 0 Å². The van der Waals surface area contributed by atoms with Crippen LogP contribution in [-0.4, -0.2) is 5.71 Å². The molecule has 10 rings (SSSR count). The molecule has 7 aromatic carbocycles. The normalized spacial score (nSPS) is 15.3. The van der Waals surface area contributed by atoms with Gasteiger partial charge in [-0.1, -0.05) is 184 Å². The van der Waals surface area contributed by atoms with E-state index in [1.165, 1.54) is 60.5 Å². The number of furan rings is 1. The number of rotatable bonds is 12. The predicted molar refractivity (Wildman–Crippen MR) is 275 cm³/mol. The van der Waals surface area contributed by atoms with Gasteiger partial charge in [0.2, 0.25) is 0 Å². The Balaban J connectivity index is 1.18. The second-order valence-electron chi connectivity index (χ2n) is 17.0. The summed E-state index contributed by atoms with van der Waals surface area (Å²) < 4.78 is 6.81. The molecule has 0 spiro atoms. The summed E-state index contributed by atoms with van der Waals surface area (Å²) in [6.45, 7) is 6.79. The fourth-order valence-corrected chi connectivity index (χ4v) is 10.6. The molecule has 0 fully saturated rings. The van der Waals surface area contributed by atoms with E-state index in [0.29, 0.717) is 5.92 Å². The highest BCUT2D eigenvalue weighted by Gasteiger charge is 2.24. The second-order valence-corrected chi connectivity index (χ2v) is 18.1. The number of fused-ring (bicyclic) bond motifs is 6. The molecule has 0 amide bonds. The Hall–Kier alpha value is -6.68. The maximum Gasteiger partial charge on any atom is 0.136 e. The highest BCUT2D eigenvalue weighted by atomic mass is 32.2. The van der Waals surface area contributed by atoms with Gasteiger partial charge in [-0.25, -0.2) is 0 Å². The summed E-state index contributed by atoms with van der Waals surface area (Å²) in [6, 6.07) is 57.8. The third-order valence-corrected chi connectivity index (χ3v) is 14.1. The Morgan fingerprint density at radius 2 is 1.45 bits per heavy atom. The zero-order valence-corrected chi connectivity index (χ0v) is 37.8. The molecule has 0 saturated heterocycles. The van der Waals surface area contributed by atoms with Gasteiger partial charge in [-0.05, 0) is 112 Å². The molecule has 2 aliphatic rings. The third kappa shape index (κ3) is 8.29. The van der Waals surface area contributed by atoms with Crippen molar-refractivity contribution in [1.82, 2.24) is 0 Å². The zero-order chi connectivity index (χ0) is 43.4. The predicted octanol–water partition coefficient (Wildman–Crippen LogP) is 17.7. The molecule has 2 heterocycles. The molecule has 64 heavy (non-hydrogen) atoms. The third-order valence-electron chi connectivity index (χ3n) is 13.0. The smallest absolute Gasteiger partial charge is 0.136 e. The topological polar surface area (TPSA) is 25.5 Å². The van der Waals surface area contributed by atoms with Crippen molar-refractivity contribution in [2.24, 2.45) is 4.99 Å². The van der Waals surface area contributed by atoms with Crippen LogP contribution in [0.4, 0.5) is 0 Å². The van der Waals surface area contributed by atoms with Gasteiger partial charge in [-0.3, -0.25) is 4.99 Å². The Morgan fingerprint density at radius 3 is 2.23 bits per heavy atom. The van der Waals surface area contributed by atoms with E-state index in [9.17, 15) is 0 Å². The number of unbranched alkanes of at least 4 members (excludes halogenated alkanes) is 1. The van der Waals surface area contributed by atoms with Crippen LogP contribution in [0.15, 0.2) is 208 Å². The number of aliphatic imine (C=N–C) groups is 1. The first-order chi connectivity index (χ1) is 31.6. The van der Waals surface area contributed by atoms with Crippen molar-refractivity contribution in [1.29, 1.82) is 0 Å². The molecule has 0 saturated carbocycles. The van der Waals surface area contributed by atoms with Crippen molar-refractivity contribution in [3.63, 3.8) is 0 Å². The van der Waals surface area contributed by atoms with E-state index in [1.807, 2.05) is 11.8 Å². The van der Waals surface area contributed by atoms with Crippen LogP contribution in [-0.2, 0) is 5.75 Å². The SMILES string of the molecule is CCC/C=C(/N=C(\C/C(CC)=C(\C)c1ccccc1)c1ccc(C2C=CC=CC2)cc1)c1cc(-c2cc3c(c(-c4ccccc4)c2)-c2ccccc2CS3)c2c(c1)oc1ccccc12. The van der Waals surface area contributed by atoms with Crippen molar-refractivity contribution in [2.45, 2.75) is 69.4 Å². The first-order valence-electron chi connectivity index (χ1n) is 22.9. The van der Waals surface area contributed by atoms with Gasteiger partial charge in [0, 0.05) is 44.9 Å². The minimum atomic E-state index is 0.388. The number of nitrogens with zero attached hydrogens (tertiary/aromatic N) is 1. The van der Waals surface area contributed by atoms with Gasteiger partial charge in [-0.15, -0.1) is 11.8 Å². The molecule has 3 heteroatoms. The Morgan fingerprint density at radius 1 is 0.688 bits per heavy atom. The van der Waals surface area contributed by atoms with Crippen LogP contribution in [0, 0.1) is 0 Å². The molecule has 1 unspecified atom stereocenters. The lowest BCUT2D eigenvalue weighted by Gasteiger charge is -2.24. The zero-order valence-electron chi connectivity index (χ0n) is 37.0. The van der Waals surface area contributed by atoms with E-state index in [0.717, 1.165) is 87.9 Å². The number of allylic oxidation sites excluding steroid dienone is 7. The van der Waals surface area contributed by atoms with Gasteiger partial charge in [0.15, 0.2) is 0 Å². The molecule has 2 nitrogen and oxygen atoms in total. The molecular formula is C61H53NOS. The fourth-order valence-electron chi connectivity index (χ4n) is 9.51. The van der Waals surface area contributed by atoms with Crippen LogP contribution in [0.25, 0.3) is 66.6 Å². The van der Waals surface area contributed by atoms with E-state index in [2.05, 4.69) is 209 Å². The van der Waals surface area contributed by atoms with Gasteiger partial charge in [0.1, 0.15) is 11.2 Å². The van der Waals surface area contributed by atoms with E-state index < -0.39 is 0 Å². The molecular weight excluding hydrogens is 795 g/mol. The Bertz CT molecular complexity index is 3140. The molecule has 0 bridgehead atoms. The fraction of sp³-hybridized carbons (Fsp3) is 0.164. The largest absolute Gasteiger partial charge is 0.456 e. The minimum absolute atomic E-state index is 0.388. The van der Waals surface area contributed by atoms with Crippen LogP contribution in [0.5, 0.6) is 0 Å². The summed E-state index contributed by atoms with van der Waals surface area (Å²) in [5.41, 5.74) is 20.1. The number of hydrogen-bond donors (Lipinski definition) is 0.